The molecule has 0 unspecified atom stereocenters. The fourth-order valence-electron chi connectivity index (χ4n) is 1.25. The lowest BCUT2D eigenvalue weighted by molar-refractivity contribution is 0.559. The summed E-state index contributed by atoms with van der Waals surface area (Å²) in [6.45, 7) is 3.21. The molecule has 0 atom stereocenters. The van der Waals surface area contributed by atoms with Crippen LogP contribution in [0.3, 0.4) is 0 Å². The van der Waals surface area contributed by atoms with E-state index < -0.39 is 24.4 Å². The van der Waals surface area contributed by atoms with Gasteiger partial charge >= 0.3 is 0 Å². The van der Waals surface area contributed by atoms with E-state index in [4.69, 9.17) is 0 Å². The Kier molecular flexibility index (Phi) is 4.26. The average Bonchev–Trinajstić information content (AvgIpc) is 2.24. The van der Waals surface area contributed by atoms with E-state index >= 15 is 0 Å². The third kappa shape index (κ3) is 3.90. The zero-order chi connectivity index (χ0) is 14.9. The van der Waals surface area contributed by atoms with Crippen molar-refractivity contribution >= 4 is 25.5 Å². The van der Waals surface area contributed by atoms with E-state index in [0.29, 0.717) is 0 Å². The monoisotopic (exact) mass is 306 g/mol. The number of sulfone groups is 2. The summed E-state index contributed by atoms with van der Waals surface area (Å²) in [5, 5.41) is 2.80. The summed E-state index contributed by atoms with van der Waals surface area (Å²) in [7, 11) is -6.67. The molecule has 0 amide bonds. The van der Waals surface area contributed by atoms with Gasteiger partial charge in [0, 0.05) is 25.3 Å². The second-order valence-corrected chi connectivity index (χ2v) is 9.64. The highest BCUT2D eigenvalue weighted by atomic mass is 32.2. The van der Waals surface area contributed by atoms with Crippen LogP contribution < -0.4 is 5.32 Å². The Morgan fingerprint density at radius 1 is 1.21 bits per heavy atom. The normalized spacial score (nSPS) is 13.3. The van der Waals surface area contributed by atoms with Crippen LogP contribution in [0.25, 0.3) is 0 Å². The largest absolute Gasteiger partial charge is 0.367 e. The van der Waals surface area contributed by atoms with E-state index in [1.54, 1.807) is 13.8 Å². The molecule has 19 heavy (non-hydrogen) atoms. The van der Waals surface area contributed by atoms with Gasteiger partial charge in [0.05, 0.1) is 4.75 Å². The lowest BCUT2D eigenvalue weighted by atomic mass is 10.2. The highest BCUT2D eigenvalue weighted by Crippen LogP contribution is 2.21. The molecular formula is C11H18N2O4S2. The number of anilines is 1. The van der Waals surface area contributed by atoms with E-state index in [1.165, 1.54) is 18.3 Å². The molecule has 1 aromatic heterocycles. The van der Waals surface area contributed by atoms with Gasteiger partial charge in [-0.2, -0.15) is 0 Å². The molecule has 0 aliphatic rings. The van der Waals surface area contributed by atoms with Crippen molar-refractivity contribution in [1.82, 2.24) is 4.98 Å². The minimum Gasteiger partial charge on any atom is -0.367 e. The van der Waals surface area contributed by atoms with Gasteiger partial charge in [0.2, 0.25) is 0 Å². The van der Waals surface area contributed by atoms with Crippen LogP contribution in [0.2, 0.25) is 0 Å². The lowest BCUT2D eigenvalue weighted by Gasteiger charge is -2.23. The predicted molar refractivity (Wildman–Crippen MR) is 74.8 cm³/mol. The molecule has 1 N–H and O–H groups in total. The van der Waals surface area contributed by atoms with Gasteiger partial charge in [0.15, 0.2) is 19.7 Å². The molecule has 1 heterocycles. The van der Waals surface area contributed by atoms with E-state index in [0.717, 1.165) is 12.5 Å². The van der Waals surface area contributed by atoms with Crippen molar-refractivity contribution < 1.29 is 16.8 Å². The fraction of sp³-hybridized carbons (Fsp3) is 0.545. The summed E-state index contributed by atoms with van der Waals surface area (Å²) in [6.07, 6.45) is 3.67. The van der Waals surface area contributed by atoms with Crippen LogP contribution in [0, 0.1) is 0 Å². The summed E-state index contributed by atoms with van der Waals surface area (Å²) in [4.78, 5) is 4.00. The van der Waals surface area contributed by atoms with Crippen molar-refractivity contribution in [2.45, 2.75) is 23.5 Å². The number of nitrogens with zero attached hydrogens (tertiary/aromatic N) is 1. The molecular weight excluding hydrogens is 288 g/mol. The minimum absolute atomic E-state index is 0.0549. The van der Waals surface area contributed by atoms with Crippen molar-refractivity contribution in [2.24, 2.45) is 0 Å². The smallest absolute Gasteiger partial charge is 0.179 e. The second-order valence-electron chi connectivity index (χ2n) is 5.01. The van der Waals surface area contributed by atoms with E-state index in [1.807, 2.05) is 0 Å². The first-order valence-corrected chi connectivity index (χ1v) is 9.32. The molecule has 1 aromatic rings. The standard InChI is InChI=1S/C11H18N2O4S2/c1-11(2,19(4,16)17)8-13-10-9(18(3,14)15)6-5-7-12-10/h5-7H,8H2,1-4H3,(H,12,13). The molecule has 0 bridgehead atoms. The zero-order valence-electron chi connectivity index (χ0n) is 11.3. The molecule has 0 aliphatic heterocycles. The number of hydrogen-bond acceptors (Lipinski definition) is 6. The molecule has 1 rings (SSSR count). The summed E-state index contributed by atoms with van der Waals surface area (Å²) in [6, 6.07) is 2.95. The van der Waals surface area contributed by atoms with Crippen LogP contribution in [0.1, 0.15) is 13.8 Å². The maximum absolute atomic E-state index is 11.6. The van der Waals surface area contributed by atoms with Gasteiger partial charge in [-0.05, 0) is 26.0 Å². The molecule has 0 aromatic carbocycles. The first kappa shape index (κ1) is 15.9. The number of hydrogen-bond donors (Lipinski definition) is 1. The summed E-state index contributed by atoms with van der Waals surface area (Å²) < 4.78 is 45.3. The number of nitrogens with one attached hydrogen (secondary N) is 1. The van der Waals surface area contributed by atoms with Crippen LogP contribution >= 0.6 is 0 Å². The average molecular weight is 306 g/mol. The summed E-state index contributed by atoms with van der Waals surface area (Å²) in [5.41, 5.74) is 0. The Bertz CT molecular complexity index is 664. The third-order valence-electron chi connectivity index (χ3n) is 2.86. The Balaban J connectivity index is 3.04. The topological polar surface area (TPSA) is 93.2 Å². The Morgan fingerprint density at radius 3 is 2.26 bits per heavy atom. The van der Waals surface area contributed by atoms with Crippen molar-refractivity contribution in [3.63, 3.8) is 0 Å². The quantitative estimate of drug-likeness (QED) is 0.861. The maximum atomic E-state index is 11.6. The van der Waals surface area contributed by atoms with Gasteiger partial charge in [0.25, 0.3) is 0 Å². The predicted octanol–water partition coefficient (Wildman–Crippen LogP) is 0.720. The van der Waals surface area contributed by atoms with Crippen molar-refractivity contribution in [1.29, 1.82) is 0 Å². The van der Waals surface area contributed by atoms with E-state index in [2.05, 4.69) is 10.3 Å². The third-order valence-corrected chi connectivity index (χ3v) is 6.14. The highest BCUT2D eigenvalue weighted by Gasteiger charge is 2.30. The molecule has 0 saturated heterocycles. The first-order chi connectivity index (χ1) is 8.45. The number of rotatable bonds is 5. The van der Waals surface area contributed by atoms with Gasteiger partial charge in [-0.1, -0.05) is 0 Å². The van der Waals surface area contributed by atoms with Crippen LogP contribution in [-0.2, 0) is 19.7 Å². The Hall–Kier alpha value is -1.15. The Labute approximate surface area is 114 Å². The number of aromatic nitrogens is 1. The summed E-state index contributed by atoms with van der Waals surface area (Å²) >= 11 is 0. The van der Waals surface area contributed by atoms with Gasteiger partial charge < -0.3 is 5.32 Å². The van der Waals surface area contributed by atoms with Crippen LogP contribution in [0.4, 0.5) is 5.82 Å². The van der Waals surface area contributed by atoms with Crippen molar-refractivity contribution in [2.75, 3.05) is 24.4 Å². The van der Waals surface area contributed by atoms with Gasteiger partial charge in [-0.15, -0.1) is 0 Å². The van der Waals surface area contributed by atoms with Gasteiger partial charge in [-0.25, -0.2) is 21.8 Å². The van der Waals surface area contributed by atoms with Gasteiger partial charge in [-0.3, -0.25) is 0 Å². The molecule has 0 fully saturated rings. The highest BCUT2D eigenvalue weighted by molar-refractivity contribution is 7.92. The maximum Gasteiger partial charge on any atom is 0.179 e. The number of pyridine rings is 1. The minimum atomic E-state index is -3.41. The van der Waals surface area contributed by atoms with Crippen LogP contribution in [-0.4, -0.2) is 45.6 Å². The molecule has 8 heteroatoms. The van der Waals surface area contributed by atoms with Crippen LogP contribution in [0.5, 0.6) is 0 Å². The van der Waals surface area contributed by atoms with E-state index in [-0.39, 0.29) is 17.3 Å². The molecule has 0 saturated carbocycles. The molecule has 0 radical (unpaired) electrons. The van der Waals surface area contributed by atoms with Crippen molar-refractivity contribution in [3.8, 4) is 0 Å². The lowest BCUT2D eigenvalue weighted by Crippen LogP contribution is -2.38. The molecule has 0 aliphatic carbocycles. The van der Waals surface area contributed by atoms with E-state index in [9.17, 15) is 16.8 Å². The van der Waals surface area contributed by atoms with Gasteiger partial charge in [0.1, 0.15) is 10.7 Å². The molecule has 0 spiro atoms. The fourth-order valence-corrected chi connectivity index (χ4v) is 2.39. The zero-order valence-corrected chi connectivity index (χ0v) is 13.0. The SMILES string of the molecule is CC(C)(CNc1ncccc1S(C)(=O)=O)S(C)(=O)=O. The first-order valence-electron chi connectivity index (χ1n) is 5.54. The van der Waals surface area contributed by atoms with Crippen LogP contribution in [0.15, 0.2) is 23.2 Å². The van der Waals surface area contributed by atoms with Crippen molar-refractivity contribution in [3.05, 3.63) is 18.3 Å². The Morgan fingerprint density at radius 2 is 1.79 bits per heavy atom. The molecule has 108 valence electrons. The summed E-state index contributed by atoms with van der Waals surface area (Å²) in [5.74, 6) is 0.168. The second kappa shape index (κ2) is 5.09. The molecule has 6 nitrogen and oxygen atoms in total.